The van der Waals surface area contributed by atoms with Gasteiger partial charge in [0.25, 0.3) is 0 Å². The number of aryl methyl sites for hydroxylation is 1. The molecule has 0 atom stereocenters. The molecule has 1 aromatic carbocycles. The van der Waals surface area contributed by atoms with Crippen molar-refractivity contribution in [2.24, 2.45) is 0 Å². The van der Waals surface area contributed by atoms with Gasteiger partial charge in [-0.25, -0.2) is 0 Å². The highest BCUT2D eigenvalue weighted by atomic mass is 79.9. The summed E-state index contributed by atoms with van der Waals surface area (Å²) in [5, 5.41) is 2.78. The van der Waals surface area contributed by atoms with Crippen LogP contribution in [0.4, 0.5) is 0 Å². The zero-order chi connectivity index (χ0) is 18.2. The van der Waals surface area contributed by atoms with Gasteiger partial charge in [-0.15, -0.1) is 0 Å². The molecule has 0 unspecified atom stereocenters. The standard InChI is InChI=1S/C17H22BrNO5/c1-12(20)19-17(10-23-13(2)21,11-24-14(3)22)8-7-15-5-4-6-16(18)9-15/h4-6,9H,7-8,10-11H2,1-3H3,(H,19,20). The zero-order valence-electron chi connectivity index (χ0n) is 14.1. The summed E-state index contributed by atoms with van der Waals surface area (Å²) in [6, 6.07) is 7.76. The highest BCUT2D eigenvalue weighted by Crippen LogP contribution is 2.19. The van der Waals surface area contributed by atoms with Crippen LogP contribution in [0, 0.1) is 0 Å². The third-order valence-corrected chi connectivity index (χ3v) is 3.82. The van der Waals surface area contributed by atoms with E-state index in [1.807, 2.05) is 24.3 Å². The maximum atomic E-state index is 11.6. The molecule has 6 nitrogen and oxygen atoms in total. The normalized spacial score (nSPS) is 10.8. The SMILES string of the molecule is CC(=O)NC(CCc1cccc(Br)c1)(COC(C)=O)COC(C)=O. The van der Waals surface area contributed by atoms with Crippen LogP contribution in [-0.2, 0) is 30.3 Å². The second-order valence-electron chi connectivity index (χ2n) is 5.65. The quantitative estimate of drug-likeness (QED) is 0.678. The van der Waals surface area contributed by atoms with Crippen LogP contribution in [0.1, 0.15) is 32.8 Å². The number of rotatable bonds is 8. The van der Waals surface area contributed by atoms with Gasteiger partial charge >= 0.3 is 11.9 Å². The van der Waals surface area contributed by atoms with E-state index in [0.717, 1.165) is 10.0 Å². The number of amides is 1. The Labute approximate surface area is 150 Å². The van der Waals surface area contributed by atoms with Crippen LogP contribution in [0.2, 0.25) is 0 Å². The number of hydrogen-bond acceptors (Lipinski definition) is 5. The summed E-state index contributed by atoms with van der Waals surface area (Å²) in [6.07, 6.45) is 1.06. The first-order chi connectivity index (χ1) is 11.2. The smallest absolute Gasteiger partial charge is 0.302 e. The van der Waals surface area contributed by atoms with Crippen molar-refractivity contribution >= 4 is 33.8 Å². The Morgan fingerprint density at radius 3 is 2.12 bits per heavy atom. The monoisotopic (exact) mass is 399 g/mol. The highest BCUT2D eigenvalue weighted by molar-refractivity contribution is 9.10. The van der Waals surface area contributed by atoms with Gasteiger partial charge in [-0.2, -0.15) is 0 Å². The molecule has 0 aliphatic carbocycles. The molecule has 0 spiro atoms. The molecule has 1 amide bonds. The molecule has 0 fully saturated rings. The number of nitrogens with one attached hydrogen (secondary N) is 1. The second kappa shape index (κ2) is 9.42. The molecule has 7 heteroatoms. The predicted molar refractivity (Wildman–Crippen MR) is 92.3 cm³/mol. The fraction of sp³-hybridized carbons (Fsp3) is 0.471. The lowest BCUT2D eigenvalue weighted by Gasteiger charge is -2.33. The van der Waals surface area contributed by atoms with Crippen LogP contribution in [0.3, 0.4) is 0 Å². The first-order valence-corrected chi connectivity index (χ1v) is 8.32. The molecule has 0 aromatic heterocycles. The lowest BCUT2D eigenvalue weighted by molar-refractivity contribution is -0.150. The minimum Gasteiger partial charge on any atom is -0.463 e. The molecule has 132 valence electrons. The molecule has 1 aromatic rings. The first kappa shape index (κ1) is 20.2. The molecule has 0 heterocycles. The molecule has 0 bridgehead atoms. The highest BCUT2D eigenvalue weighted by Gasteiger charge is 2.34. The van der Waals surface area contributed by atoms with E-state index in [1.165, 1.54) is 20.8 Å². The number of carbonyl (C=O) groups excluding carboxylic acids is 3. The molecule has 24 heavy (non-hydrogen) atoms. The molecule has 1 rings (SSSR count). The van der Waals surface area contributed by atoms with E-state index < -0.39 is 17.5 Å². The van der Waals surface area contributed by atoms with Crippen molar-refractivity contribution in [2.75, 3.05) is 13.2 Å². The molecule has 0 aliphatic rings. The van der Waals surface area contributed by atoms with Gasteiger partial charge in [-0.1, -0.05) is 28.1 Å². The average molecular weight is 400 g/mol. The van der Waals surface area contributed by atoms with Crippen molar-refractivity contribution in [3.05, 3.63) is 34.3 Å². The van der Waals surface area contributed by atoms with Crippen LogP contribution in [0.5, 0.6) is 0 Å². The van der Waals surface area contributed by atoms with E-state index in [1.54, 1.807) is 0 Å². The Balaban J connectivity index is 2.94. The molecule has 0 saturated carbocycles. The Bertz CT molecular complexity index is 584. The third-order valence-electron chi connectivity index (χ3n) is 3.33. The van der Waals surface area contributed by atoms with Crippen LogP contribution >= 0.6 is 15.9 Å². The van der Waals surface area contributed by atoms with Gasteiger partial charge in [0.05, 0.1) is 0 Å². The van der Waals surface area contributed by atoms with Gasteiger partial charge < -0.3 is 14.8 Å². The molecular weight excluding hydrogens is 378 g/mol. The molecule has 0 aliphatic heterocycles. The van der Waals surface area contributed by atoms with Gasteiger partial charge in [0.1, 0.15) is 18.8 Å². The number of benzene rings is 1. The minimum absolute atomic E-state index is 0.0663. The van der Waals surface area contributed by atoms with Gasteiger partial charge in [0.2, 0.25) is 5.91 Å². The first-order valence-electron chi connectivity index (χ1n) is 7.52. The van der Waals surface area contributed by atoms with Crippen molar-refractivity contribution in [3.8, 4) is 0 Å². The van der Waals surface area contributed by atoms with Crippen molar-refractivity contribution < 1.29 is 23.9 Å². The number of esters is 2. The maximum Gasteiger partial charge on any atom is 0.302 e. The number of ether oxygens (including phenoxy) is 2. The van der Waals surface area contributed by atoms with Crippen LogP contribution in [0.25, 0.3) is 0 Å². The summed E-state index contributed by atoms with van der Waals surface area (Å²) in [5.41, 5.74) is 0.0793. The average Bonchev–Trinajstić information content (AvgIpc) is 2.48. The molecule has 0 radical (unpaired) electrons. The van der Waals surface area contributed by atoms with Gasteiger partial charge in [0.15, 0.2) is 0 Å². The molecule has 1 N–H and O–H groups in total. The van der Waals surface area contributed by atoms with Crippen LogP contribution in [-0.4, -0.2) is 36.6 Å². The van der Waals surface area contributed by atoms with E-state index in [0.29, 0.717) is 12.8 Å². The number of halogens is 1. The summed E-state index contributed by atoms with van der Waals surface area (Å²) in [5.74, 6) is -1.21. The largest absolute Gasteiger partial charge is 0.463 e. The fourth-order valence-electron chi connectivity index (χ4n) is 2.25. The third kappa shape index (κ3) is 7.59. The topological polar surface area (TPSA) is 81.7 Å². The summed E-state index contributed by atoms with van der Waals surface area (Å²) in [4.78, 5) is 34.0. The van der Waals surface area contributed by atoms with E-state index in [-0.39, 0.29) is 19.1 Å². The van der Waals surface area contributed by atoms with Gasteiger partial charge in [-0.3, -0.25) is 14.4 Å². The Morgan fingerprint density at radius 1 is 1.08 bits per heavy atom. The summed E-state index contributed by atoms with van der Waals surface area (Å²) < 4.78 is 11.1. The number of carbonyl (C=O) groups is 3. The van der Waals surface area contributed by atoms with Crippen molar-refractivity contribution in [3.63, 3.8) is 0 Å². The Hall–Kier alpha value is -1.89. The van der Waals surface area contributed by atoms with Crippen LogP contribution in [0.15, 0.2) is 28.7 Å². The van der Waals surface area contributed by atoms with Crippen molar-refractivity contribution in [2.45, 2.75) is 39.2 Å². The molecular formula is C17H22BrNO5. The minimum atomic E-state index is -0.967. The van der Waals surface area contributed by atoms with E-state index in [2.05, 4.69) is 21.2 Å². The maximum absolute atomic E-state index is 11.6. The zero-order valence-corrected chi connectivity index (χ0v) is 15.6. The lowest BCUT2D eigenvalue weighted by Crippen LogP contribution is -2.55. The van der Waals surface area contributed by atoms with Crippen molar-refractivity contribution in [1.82, 2.24) is 5.32 Å². The lowest BCUT2D eigenvalue weighted by atomic mass is 9.92. The van der Waals surface area contributed by atoms with E-state index in [9.17, 15) is 14.4 Å². The summed E-state index contributed by atoms with van der Waals surface area (Å²) in [6.45, 7) is 3.82. The molecule has 0 saturated heterocycles. The van der Waals surface area contributed by atoms with E-state index in [4.69, 9.17) is 9.47 Å². The predicted octanol–water partition coefficient (Wildman–Crippen LogP) is 2.38. The van der Waals surface area contributed by atoms with Crippen molar-refractivity contribution in [1.29, 1.82) is 0 Å². The fourth-order valence-corrected chi connectivity index (χ4v) is 2.70. The second-order valence-corrected chi connectivity index (χ2v) is 6.57. The number of hydrogen-bond donors (Lipinski definition) is 1. The van der Waals surface area contributed by atoms with Gasteiger partial charge in [-0.05, 0) is 30.5 Å². The van der Waals surface area contributed by atoms with Gasteiger partial charge in [0, 0.05) is 25.2 Å². The van der Waals surface area contributed by atoms with E-state index >= 15 is 0 Å². The summed E-state index contributed by atoms with van der Waals surface area (Å²) in [7, 11) is 0. The van der Waals surface area contributed by atoms with Crippen LogP contribution < -0.4 is 5.32 Å². The summed E-state index contributed by atoms with van der Waals surface area (Å²) >= 11 is 3.41. The Kier molecular flexibility index (Phi) is 7.91. The Morgan fingerprint density at radius 2 is 1.67 bits per heavy atom.